The molecule has 1 fully saturated rings. The molecule has 0 bridgehead atoms. The van der Waals surface area contributed by atoms with Crippen molar-refractivity contribution in [3.63, 3.8) is 0 Å². The first-order chi connectivity index (χ1) is 5.70. The molecule has 68 valence electrons. The SMILES string of the molecule is O=C(F)C(=O)OC1CCCCC1. The molecule has 0 unspecified atom stereocenters. The van der Waals surface area contributed by atoms with Gasteiger partial charge in [0.2, 0.25) is 0 Å². The molecule has 3 nitrogen and oxygen atoms in total. The van der Waals surface area contributed by atoms with Gasteiger partial charge >= 0.3 is 12.0 Å². The van der Waals surface area contributed by atoms with Crippen molar-refractivity contribution in [1.29, 1.82) is 0 Å². The predicted octanol–water partition coefficient (Wildman–Crippen LogP) is 1.36. The molecule has 0 aliphatic heterocycles. The fraction of sp³-hybridized carbons (Fsp3) is 0.750. The average Bonchev–Trinajstić information content (AvgIpc) is 2.06. The number of carbonyl (C=O) groups excluding carboxylic acids is 2. The molecule has 0 amide bonds. The van der Waals surface area contributed by atoms with E-state index in [0.29, 0.717) is 0 Å². The summed E-state index contributed by atoms with van der Waals surface area (Å²) in [4.78, 5) is 20.3. The lowest BCUT2D eigenvalue weighted by atomic mass is 9.98. The minimum Gasteiger partial charge on any atom is -0.455 e. The van der Waals surface area contributed by atoms with Crippen LogP contribution in [0, 0.1) is 0 Å². The summed E-state index contributed by atoms with van der Waals surface area (Å²) in [6.07, 6.45) is 4.35. The molecule has 1 rings (SSSR count). The van der Waals surface area contributed by atoms with Crippen molar-refractivity contribution in [3.8, 4) is 0 Å². The Balaban J connectivity index is 2.29. The molecule has 0 aromatic rings. The van der Waals surface area contributed by atoms with Gasteiger partial charge in [-0.1, -0.05) is 6.42 Å². The topological polar surface area (TPSA) is 43.4 Å². The molecule has 0 aromatic carbocycles. The Labute approximate surface area is 69.9 Å². The zero-order chi connectivity index (χ0) is 8.97. The highest BCUT2D eigenvalue weighted by molar-refractivity contribution is 6.29. The highest BCUT2D eigenvalue weighted by atomic mass is 19.1. The molecule has 0 N–H and O–H groups in total. The Morgan fingerprint density at radius 2 is 1.75 bits per heavy atom. The maximum absolute atomic E-state index is 11.7. The molecule has 0 radical (unpaired) electrons. The first-order valence-corrected chi connectivity index (χ1v) is 4.10. The van der Waals surface area contributed by atoms with Gasteiger partial charge in [0.1, 0.15) is 6.10 Å². The fourth-order valence-electron chi connectivity index (χ4n) is 1.38. The molecule has 1 saturated carbocycles. The minimum absolute atomic E-state index is 0.244. The Morgan fingerprint density at radius 3 is 2.25 bits per heavy atom. The van der Waals surface area contributed by atoms with Crippen LogP contribution in [0.25, 0.3) is 0 Å². The summed E-state index contributed by atoms with van der Waals surface area (Å²) in [5.41, 5.74) is 0. The van der Waals surface area contributed by atoms with Crippen LogP contribution in [-0.2, 0) is 14.3 Å². The standard InChI is InChI=1S/C8H11FO3/c9-7(10)8(11)12-6-4-2-1-3-5-6/h6H,1-5H2. The maximum Gasteiger partial charge on any atom is 0.409 e. The quantitative estimate of drug-likeness (QED) is 0.360. The second-order valence-corrected chi connectivity index (χ2v) is 2.94. The Bertz CT molecular complexity index is 185. The Morgan fingerprint density at radius 1 is 1.17 bits per heavy atom. The van der Waals surface area contributed by atoms with Crippen molar-refractivity contribution in [2.75, 3.05) is 0 Å². The van der Waals surface area contributed by atoms with Gasteiger partial charge in [-0.15, -0.1) is 0 Å². The first-order valence-electron chi connectivity index (χ1n) is 4.10. The number of carbonyl (C=O) groups is 2. The number of rotatable bonds is 2. The van der Waals surface area contributed by atoms with Crippen molar-refractivity contribution < 1.29 is 18.7 Å². The van der Waals surface area contributed by atoms with E-state index in [1.165, 1.54) is 0 Å². The number of ether oxygens (including phenoxy) is 1. The summed E-state index contributed by atoms with van der Waals surface area (Å²) in [5, 5.41) is 0. The summed E-state index contributed by atoms with van der Waals surface area (Å²) in [6, 6.07) is -2.00. The van der Waals surface area contributed by atoms with Crippen LogP contribution in [0.4, 0.5) is 4.39 Å². The van der Waals surface area contributed by atoms with Crippen LogP contribution in [0.5, 0.6) is 0 Å². The van der Waals surface area contributed by atoms with E-state index in [2.05, 4.69) is 4.74 Å². The molecular formula is C8H11FO3. The molecule has 1 aliphatic rings. The van der Waals surface area contributed by atoms with Crippen molar-refractivity contribution in [3.05, 3.63) is 0 Å². The van der Waals surface area contributed by atoms with Gasteiger partial charge in [0.05, 0.1) is 0 Å². The van der Waals surface area contributed by atoms with Crippen LogP contribution < -0.4 is 0 Å². The van der Waals surface area contributed by atoms with E-state index >= 15 is 0 Å². The highest BCUT2D eigenvalue weighted by Gasteiger charge is 2.21. The third-order valence-corrected chi connectivity index (χ3v) is 1.99. The highest BCUT2D eigenvalue weighted by Crippen LogP contribution is 2.20. The maximum atomic E-state index is 11.7. The van der Waals surface area contributed by atoms with Crippen LogP contribution in [0.15, 0.2) is 0 Å². The molecule has 0 aromatic heterocycles. The predicted molar refractivity (Wildman–Crippen MR) is 39.1 cm³/mol. The third kappa shape index (κ3) is 2.60. The Kier molecular flexibility index (Phi) is 3.19. The monoisotopic (exact) mass is 174 g/mol. The molecule has 12 heavy (non-hydrogen) atoms. The van der Waals surface area contributed by atoms with Gasteiger partial charge in [0.25, 0.3) is 0 Å². The zero-order valence-electron chi connectivity index (χ0n) is 6.72. The van der Waals surface area contributed by atoms with E-state index in [1.54, 1.807) is 0 Å². The molecule has 0 atom stereocenters. The largest absolute Gasteiger partial charge is 0.455 e. The second kappa shape index (κ2) is 4.18. The molecule has 0 spiro atoms. The lowest BCUT2D eigenvalue weighted by Crippen LogP contribution is -2.24. The van der Waals surface area contributed by atoms with Gasteiger partial charge < -0.3 is 4.74 Å². The lowest BCUT2D eigenvalue weighted by Gasteiger charge is -2.20. The van der Waals surface area contributed by atoms with Gasteiger partial charge in [-0.2, -0.15) is 4.39 Å². The van der Waals surface area contributed by atoms with E-state index in [-0.39, 0.29) is 6.10 Å². The van der Waals surface area contributed by atoms with Crippen molar-refractivity contribution in [1.82, 2.24) is 0 Å². The summed E-state index contributed by atoms with van der Waals surface area (Å²) in [6.45, 7) is 0. The number of halogens is 1. The number of hydrogen-bond donors (Lipinski definition) is 0. The molecule has 0 saturated heterocycles. The van der Waals surface area contributed by atoms with Crippen molar-refractivity contribution >= 4 is 12.0 Å². The zero-order valence-corrected chi connectivity index (χ0v) is 6.72. The van der Waals surface area contributed by atoms with E-state index in [9.17, 15) is 14.0 Å². The first kappa shape index (κ1) is 9.16. The van der Waals surface area contributed by atoms with Crippen LogP contribution in [0.3, 0.4) is 0 Å². The molecule has 4 heteroatoms. The van der Waals surface area contributed by atoms with Crippen molar-refractivity contribution in [2.45, 2.75) is 38.2 Å². The number of hydrogen-bond acceptors (Lipinski definition) is 3. The van der Waals surface area contributed by atoms with Gasteiger partial charge in [-0.05, 0) is 25.7 Å². The van der Waals surface area contributed by atoms with E-state index < -0.39 is 12.0 Å². The molecular weight excluding hydrogens is 163 g/mol. The summed E-state index contributed by atoms with van der Waals surface area (Å²) in [5.74, 6) is -1.35. The second-order valence-electron chi connectivity index (χ2n) is 2.94. The van der Waals surface area contributed by atoms with E-state index in [4.69, 9.17) is 0 Å². The van der Waals surface area contributed by atoms with E-state index in [1.807, 2.05) is 0 Å². The lowest BCUT2D eigenvalue weighted by molar-refractivity contribution is -0.164. The molecule has 0 heterocycles. The van der Waals surface area contributed by atoms with Crippen LogP contribution in [0.2, 0.25) is 0 Å². The Hall–Kier alpha value is -0.930. The average molecular weight is 174 g/mol. The fourth-order valence-corrected chi connectivity index (χ4v) is 1.38. The van der Waals surface area contributed by atoms with Gasteiger partial charge in [-0.3, -0.25) is 0 Å². The van der Waals surface area contributed by atoms with Gasteiger partial charge in [0, 0.05) is 0 Å². The smallest absolute Gasteiger partial charge is 0.409 e. The summed E-state index contributed by atoms with van der Waals surface area (Å²) >= 11 is 0. The van der Waals surface area contributed by atoms with Crippen LogP contribution in [0.1, 0.15) is 32.1 Å². The van der Waals surface area contributed by atoms with Gasteiger partial charge in [0.15, 0.2) is 0 Å². The van der Waals surface area contributed by atoms with Crippen molar-refractivity contribution in [2.24, 2.45) is 0 Å². The molecule has 1 aliphatic carbocycles. The summed E-state index contributed by atoms with van der Waals surface area (Å²) in [7, 11) is 0. The van der Waals surface area contributed by atoms with Crippen LogP contribution >= 0.6 is 0 Å². The third-order valence-electron chi connectivity index (χ3n) is 1.99. The van der Waals surface area contributed by atoms with Gasteiger partial charge in [-0.25, -0.2) is 9.59 Å². The minimum atomic E-state index is -2.00. The van der Waals surface area contributed by atoms with Crippen LogP contribution in [-0.4, -0.2) is 18.1 Å². The summed E-state index contributed by atoms with van der Waals surface area (Å²) < 4.78 is 16.3. The number of esters is 1. The normalized spacial score (nSPS) is 18.8. The van der Waals surface area contributed by atoms with E-state index in [0.717, 1.165) is 32.1 Å².